The first-order chi connectivity index (χ1) is 20.6. The largest absolute Gasteiger partial charge is 0.309 e. The van der Waals surface area contributed by atoms with Crippen LogP contribution < -0.4 is 26.5 Å². The fourth-order valence-corrected chi connectivity index (χ4v) is 11.3. The Bertz CT molecular complexity index is 2050. The fourth-order valence-electron chi connectivity index (χ4n) is 5.81. The molecule has 0 saturated heterocycles. The van der Waals surface area contributed by atoms with E-state index in [1.807, 2.05) is 127 Å². The highest BCUT2D eigenvalue weighted by molar-refractivity contribution is 7.85. The first-order valence-electron chi connectivity index (χ1n) is 14.0. The van der Waals surface area contributed by atoms with Crippen LogP contribution in [0.1, 0.15) is 12.8 Å². The molecule has 0 N–H and O–H groups in total. The molecule has 4 aromatic carbocycles. The van der Waals surface area contributed by atoms with Crippen molar-refractivity contribution in [2.75, 3.05) is 0 Å². The minimum atomic E-state index is -3.15. The molecule has 0 fully saturated rings. The van der Waals surface area contributed by atoms with Crippen LogP contribution in [0.2, 0.25) is 0 Å². The Hall–Kier alpha value is -4.36. The van der Waals surface area contributed by atoms with Crippen LogP contribution in [0.25, 0.3) is 21.8 Å². The first kappa shape index (κ1) is 26.5. The molecule has 0 saturated carbocycles. The number of hydrogen-bond acceptors (Lipinski definition) is 4. The molecule has 42 heavy (non-hydrogen) atoms. The number of pyridine rings is 2. The van der Waals surface area contributed by atoms with Crippen LogP contribution in [0.4, 0.5) is 0 Å². The highest BCUT2D eigenvalue weighted by Crippen LogP contribution is 2.54. The Balaban J connectivity index is 1.38. The molecule has 2 heterocycles. The van der Waals surface area contributed by atoms with Crippen molar-refractivity contribution in [3.8, 4) is 0 Å². The number of rotatable bonds is 6. The van der Waals surface area contributed by atoms with Gasteiger partial charge in [0.2, 0.25) is 0 Å². The smallest absolute Gasteiger partial charge is 0.172 e. The van der Waals surface area contributed by atoms with Crippen molar-refractivity contribution in [2.24, 2.45) is 0 Å². The van der Waals surface area contributed by atoms with E-state index in [0.717, 1.165) is 61.2 Å². The Morgan fingerprint density at radius 2 is 0.976 bits per heavy atom. The summed E-state index contributed by atoms with van der Waals surface area (Å²) in [5, 5.41) is 6.42. The Morgan fingerprint density at radius 3 is 1.43 bits per heavy atom. The molecule has 2 aromatic heterocycles. The first-order valence-corrected chi connectivity index (χ1v) is 17.4. The van der Waals surface area contributed by atoms with Crippen LogP contribution in [0.3, 0.4) is 0 Å². The van der Waals surface area contributed by atoms with Gasteiger partial charge in [0.25, 0.3) is 0 Å². The van der Waals surface area contributed by atoms with Crippen molar-refractivity contribution >= 4 is 62.6 Å². The minimum Gasteiger partial charge on any atom is -0.309 e. The fraction of sp³-hybridized carbons (Fsp3) is 0.0556. The molecule has 204 valence electrons. The van der Waals surface area contributed by atoms with Gasteiger partial charge in [0.05, 0.1) is 11.0 Å². The van der Waals surface area contributed by atoms with Gasteiger partial charge in [0, 0.05) is 49.7 Å². The number of hydrogen-bond donors (Lipinski definition) is 0. The van der Waals surface area contributed by atoms with Crippen molar-refractivity contribution in [3.05, 3.63) is 151 Å². The van der Waals surface area contributed by atoms with E-state index in [4.69, 9.17) is 9.97 Å². The average Bonchev–Trinajstić information content (AvgIpc) is 3.08. The molecule has 0 aliphatic heterocycles. The number of aromatic nitrogens is 2. The molecule has 6 heteroatoms. The van der Waals surface area contributed by atoms with Crippen LogP contribution in [0.15, 0.2) is 151 Å². The molecule has 1 aliphatic carbocycles. The van der Waals surface area contributed by atoms with Gasteiger partial charge in [-0.05, 0) is 30.3 Å². The minimum absolute atomic E-state index is 0.675. The lowest BCUT2D eigenvalue weighted by molar-refractivity contribution is 0.589. The Morgan fingerprint density at radius 1 is 0.524 bits per heavy atom. The van der Waals surface area contributed by atoms with E-state index >= 15 is 0 Å². The van der Waals surface area contributed by atoms with Gasteiger partial charge in [-0.1, -0.05) is 121 Å². The number of fused-ring (bicyclic) bond motifs is 3. The SMILES string of the molecule is O=P(C1=CC=CCC1)(c1ccccc1)c1cnc2c(ccc3cc(P(=O)(c4ccccc4)c4ccccc4)cnc32)c1. The van der Waals surface area contributed by atoms with Crippen LogP contribution in [0.5, 0.6) is 0 Å². The van der Waals surface area contributed by atoms with Crippen LogP contribution in [-0.4, -0.2) is 9.97 Å². The van der Waals surface area contributed by atoms with Crippen molar-refractivity contribution < 1.29 is 9.13 Å². The molecular weight excluding hydrogens is 554 g/mol. The van der Waals surface area contributed by atoms with Crippen molar-refractivity contribution in [2.45, 2.75) is 12.8 Å². The molecular formula is C36H28N2O2P2. The normalized spacial score (nSPS) is 14.9. The molecule has 0 spiro atoms. The third-order valence-electron chi connectivity index (χ3n) is 7.96. The summed E-state index contributed by atoms with van der Waals surface area (Å²) in [4.78, 5) is 9.70. The molecule has 0 amide bonds. The topological polar surface area (TPSA) is 59.9 Å². The van der Waals surface area contributed by atoms with Gasteiger partial charge in [-0.15, -0.1) is 0 Å². The highest BCUT2D eigenvalue weighted by Gasteiger charge is 2.33. The summed E-state index contributed by atoms with van der Waals surface area (Å²) in [5.41, 5.74) is 1.46. The average molecular weight is 583 g/mol. The number of nitrogens with zero attached hydrogens (tertiary/aromatic N) is 2. The predicted molar refractivity (Wildman–Crippen MR) is 176 cm³/mol. The molecule has 0 bridgehead atoms. The molecule has 6 aromatic rings. The number of benzene rings is 4. The zero-order chi connectivity index (χ0) is 28.6. The second-order valence-corrected chi connectivity index (χ2v) is 16.0. The third kappa shape index (κ3) is 4.40. The molecule has 1 unspecified atom stereocenters. The van der Waals surface area contributed by atoms with E-state index in [9.17, 15) is 9.13 Å². The lowest BCUT2D eigenvalue weighted by atomic mass is 10.1. The van der Waals surface area contributed by atoms with Gasteiger partial charge in [0.1, 0.15) is 0 Å². The van der Waals surface area contributed by atoms with E-state index in [2.05, 4.69) is 6.08 Å². The van der Waals surface area contributed by atoms with Gasteiger partial charge < -0.3 is 9.13 Å². The van der Waals surface area contributed by atoms with E-state index in [-0.39, 0.29) is 0 Å². The molecule has 7 rings (SSSR count). The van der Waals surface area contributed by atoms with Crippen molar-refractivity contribution in [1.82, 2.24) is 9.97 Å². The van der Waals surface area contributed by atoms with Gasteiger partial charge in [0.15, 0.2) is 14.3 Å². The van der Waals surface area contributed by atoms with E-state index in [1.54, 1.807) is 12.4 Å². The summed E-state index contributed by atoms with van der Waals surface area (Å²) in [7, 11) is -6.22. The maximum atomic E-state index is 14.9. The van der Waals surface area contributed by atoms with Gasteiger partial charge in [-0.25, -0.2) is 0 Å². The second-order valence-electron chi connectivity index (χ2n) is 10.4. The lowest BCUT2D eigenvalue weighted by Crippen LogP contribution is -2.25. The zero-order valence-corrected chi connectivity index (χ0v) is 24.7. The molecule has 1 aliphatic rings. The summed E-state index contributed by atoms with van der Waals surface area (Å²) < 4.78 is 29.8. The van der Waals surface area contributed by atoms with E-state index in [0.29, 0.717) is 5.30 Å². The lowest BCUT2D eigenvalue weighted by Gasteiger charge is -2.24. The summed E-state index contributed by atoms with van der Waals surface area (Å²) in [6.45, 7) is 0. The maximum absolute atomic E-state index is 14.9. The van der Waals surface area contributed by atoms with Crippen LogP contribution in [0, 0.1) is 0 Å². The summed E-state index contributed by atoms with van der Waals surface area (Å²) in [5.74, 6) is 0. The highest BCUT2D eigenvalue weighted by atomic mass is 31.2. The second kappa shape index (κ2) is 10.8. The molecule has 1 atom stereocenters. The van der Waals surface area contributed by atoms with Crippen molar-refractivity contribution in [3.63, 3.8) is 0 Å². The standard InChI is InChI=1S/C36H28N2O2P2/c39-41(29-13-5-1-6-14-29,30-15-7-2-8-16-30)33-23-27-21-22-28-24-34(26-38-36(28)35(27)37-25-33)42(40,31-17-9-3-10-18-31)32-19-11-4-12-20-32/h1-11,13-19,21-26H,12,20H2. The predicted octanol–water partition coefficient (Wildman–Crippen LogP) is 6.97. The summed E-state index contributed by atoms with van der Waals surface area (Å²) in [6.07, 6.45) is 11.2. The van der Waals surface area contributed by atoms with Gasteiger partial charge >= 0.3 is 0 Å². The summed E-state index contributed by atoms with van der Waals surface area (Å²) >= 11 is 0. The quantitative estimate of drug-likeness (QED) is 0.157. The van der Waals surface area contributed by atoms with E-state index in [1.165, 1.54) is 0 Å². The van der Waals surface area contributed by atoms with Gasteiger partial charge in [-0.3, -0.25) is 9.97 Å². The number of allylic oxidation sites excluding steroid dienone is 4. The molecule has 0 radical (unpaired) electrons. The molecule has 4 nitrogen and oxygen atoms in total. The van der Waals surface area contributed by atoms with Crippen LogP contribution in [-0.2, 0) is 9.13 Å². The Kier molecular flexibility index (Phi) is 6.82. The van der Waals surface area contributed by atoms with E-state index < -0.39 is 14.3 Å². The zero-order valence-electron chi connectivity index (χ0n) is 22.9. The maximum Gasteiger partial charge on any atom is 0.172 e. The van der Waals surface area contributed by atoms with Gasteiger partial charge in [-0.2, -0.15) is 0 Å². The monoisotopic (exact) mass is 582 g/mol. The third-order valence-corrected chi connectivity index (χ3v) is 14.2. The Labute approximate surface area is 245 Å². The van der Waals surface area contributed by atoms with Crippen LogP contribution >= 0.6 is 14.3 Å². The summed E-state index contributed by atoms with van der Waals surface area (Å²) in [6, 6.07) is 36.9. The van der Waals surface area contributed by atoms with Crippen molar-refractivity contribution in [1.29, 1.82) is 0 Å².